The van der Waals surface area contributed by atoms with Gasteiger partial charge in [-0.1, -0.05) is 0 Å². The minimum atomic E-state index is -1.12. The maximum absolute atomic E-state index is 13.4. The Morgan fingerprint density at radius 1 is 1.39 bits per heavy atom. The zero-order valence-corrected chi connectivity index (χ0v) is 9.85. The van der Waals surface area contributed by atoms with Gasteiger partial charge in [0.05, 0.1) is 12.8 Å². The number of benzene rings is 1. The first-order chi connectivity index (χ1) is 8.51. The smallest absolute Gasteiger partial charge is 0.356 e. The zero-order valence-electron chi connectivity index (χ0n) is 9.85. The van der Waals surface area contributed by atoms with Crippen molar-refractivity contribution in [3.05, 3.63) is 35.8 Å². The van der Waals surface area contributed by atoms with Gasteiger partial charge in [0, 0.05) is 18.7 Å². The molecule has 18 heavy (non-hydrogen) atoms. The number of hydrogen-bond acceptors (Lipinski definition) is 3. The van der Waals surface area contributed by atoms with E-state index in [0.717, 1.165) is 0 Å². The first-order valence-electron chi connectivity index (χ1n) is 5.13. The highest BCUT2D eigenvalue weighted by Gasteiger charge is 2.13. The summed E-state index contributed by atoms with van der Waals surface area (Å²) in [4.78, 5) is 10.8. The summed E-state index contributed by atoms with van der Waals surface area (Å²) in [7, 11) is 3.03. The fourth-order valence-corrected chi connectivity index (χ4v) is 1.67. The van der Waals surface area contributed by atoms with Crippen LogP contribution in [0.1, 0.15) is 10.5 Å². The van der Waals surface area contributed by atoms with Gasteiger partial charge in [0.25, 0.3) is 0 Å². The molecule has 0 unspecified atom stereocenters. The molecule has 0 atom stereocenters. The normalized spacial score (nSPS) is 10.4. The lowest BCUT2D eigenvalue weighted by Gasteiger charge is -2.05. The molecule has 1 N–H and O–H groups in total. The van der Waals surface area contributed by atoms with Gasteiger partial charge in [0.1, 0.15) is 11.6 Å². The maximum atomic E-state index is 13.4. The number of hydrogen-bond donors (Lipinski definition) is 1. The van der Waals surface area contributed by atoms with Crippen molar-refractivity contribution in [1.29, 1.82) is 0 Å². The van der Waals surface area contributed by atoms with E-state index in [9.17, 15) is 9.18 Å². The van der Waals surface area contributed by atoms with Crippen molar-refractivity contribution in [3.63, 3.8) is 0 Å². The van der Waals surface area contributed by atoms with Crippen molar-refractivity contribution >= 4 is 5.97 Å². The number of rotatable bonds is 3. The number of halogens is 1. The van der Waals surface area contributed by atoms with Gasteiger partial charge >= 0.3 is 5.97 Å². The average Bonchev–Trinajstić information content (AvgIpc) is 2.70. The summed E-state index contributed by atoms with van der Waals surface area (Å²) in [6, 6.07) is 5.55. The summed E-state index contributed by atoms with van der Waals surface area (Å²) >= 11 is 0. The predicted octanol–water partition coefficient (Wildman–Crippen LogP) is 1.93. The van der Waals surface area contributed by atoms with E-state index in [1.54, 1.807) is 13.1 Å². The van der Waals surface area contributed by atoms with Crippen molar-refractivity contribution in [2.45, 2.75) is 0 Å². The summed E-state index contributed by atoms with van der Waals surface area (Å²) in [6.45, 7) is 0. The molecule has 94 valence electrons. The fraction of sp³-hybridized carbons (Fsp3) is 0.167. The molecule has 0 aliphatic rings. The van der Waals surface area contributed by atoms with Gasteiger partial charge in [-0.15, -0.1) is 0 Å². The van der Waals surface area contributed by atoms with Crippen LogP contribution in [0.2, 0.25) is 0 Å². The van der Waals surface area contributed by atoms with E-state index in [2.05, 4.69) is 5.10 Å². The van der Waals surface area contributed by atoms with Crippen LogP contribution in [-0.2, 0) is 7.05 Å². The van der Waals surface area contributed by atoms with E-state index in [1.807, 2.05) is 0 Å². The number of aromatic nitrogens is 2. The van der Waals surface area contributed by atoms with Gasteiger partial charge in [-0.05, 0) is 18.2 Å². The molecule has 2 aromatic rings. The van der Waals surface area contributed by atoms with Crippen molar-refractivity contribution in [1.82, 2.24) is 9.78 Å². The van der Waals surface area contributed by atoms with Crippen LogP contribution in [-0.4, -0.2) is 28.0 Å². The Labute approximate surface area is 102 Å². The van der Waals surface area contributed by atoms with Crippen LogP contribution in [0.3, 0.4) is 0 Å². The third-order valence-corrected chi connectivity index (χ3v) is 2.50. The molecule has 5 nitrogen and oxygen atoms in total. The van der Waals surface area contributed by atoms with Crippen LogP contribution in [0.5, 0.6) is 5.75 Å². The molecule has 0 spiro atoms. The fourth-order valence-electron chi connectivity index (χ4n) is 1.67. The second kappa shape index (κ2) is 4.48. The number of nitrogens with zero attached hydrogens (tertiary/aromatic N) is 2. The van der Waals surface area contributed by atoms with Crippen LogP contribution >= 0.6 is 0 Å². The van der Waals surface area contributed by atoms with Crippen LogP contribution in [0.15, 0.2) is 24.3 Å². The van der Waals surface area contributed by atoms with Gasteiger partial charge in [-0.2, -0.15) is 5.10 Å². The van der Waals surface area contributed by atoms with Crippen LogP contribution in [0.4, 0.5) is 4.39 Å². The lowest BCUT2D eigenvalue weighted by molar-refractivity contribution is 0.0689. The number of carbonyl (C=O) groups is 1. The number of aryl methyl sites for hydroxylation is 1. The van der Waals surface area contributed by atoms with E-state index in [1.165, 1.54) is 30.0 Å². The molecule has 0 aliphatic carbocycles. The predicted molar refractivity (Wildman–Crippen MR) is 62.1 cm³/mol. The molecule has 0 saturated heterocycles. The van der Waals surface area contributed by atoms with Crippen molar-refractivity contribution in [2.75, 3.05) is 7.11 Å². The highest BCUT2D eigenvalue weighted by atomic mass is 19.1. The molecule has 0 aliphatic heterocycles. The Bertz CT molecular complexity index is 607. The minimum absolute atomic E-state index is 0.0873. The van der Waals surface area contributed by atoms with E-state index < -0.39 is 11.8 Å². The van der Waals surface area contributed by atoms with Gasteiger partial charge < -0.3 is 9.84 Å². The Kier molecular flexibility index (Phi) is 3.01. The Balaban J connectivity index is 2.54. The molecule has 1 aromatic carbocycles. The molecule has 0 bridgehead atoms. The highest BCUT2D eigenvalue weighted by molar-refractivity contribution is 5.87. The molecule has 0 saturated carbocycles. The second-order valence-electron chi connectivity index (χ2n) is 3.72. The van der Waals surface area contributed by atoms with E-state index in [4.69, 9.17) is 9.84 Å². The maximum Gasteiger partial charge on any atom is 0.356 e. The number of carboxylic acids is 1. The van der Waals surface area contributed by atoms with Crippen LogP contribution < -0.4 is 4.74 Å². The summed E-state index contributed by atoms with van der Waals surface area (Å²) in [5.41, 5.74) is 0.926. The third kappa shape index (κ3) is 2.17. The van der Waals surface area contributed by atoms with Crippen LogP contribution in [0, 0.1) is 5.82 Å². The summed E-state index contributed by atoms with van der Waals surface area (Å²) in [5.74, 6) is -1.22. The largest absolute Gasteiger partial charge is 0.497 e. The number of aromatic carboxylic acids is 1. The summed E-state index contributed by atoms with van der Waals surface area (Å²) < 4.78 is 19.7. The molecule has 0 fully saturated rings. The Hall–Kier alpha value is -2.37. The summed E-state index contributed by atoms with van der Waals surface area (Å²) in [5, 5.41) is 12.7. The lowest BCUT2D eigenvalue weighted by atomic mass is 10.1. The number of methoxy groups -OCH3 is 1. The van der Waals surface area contributed by atoms with Crippen molar-refractivity contribution < 1.29 is 19.0 Å². The first kappa shape index (κ1) is 12.1. The molecule has 1 aromatic heterocycles. The molecule has 0 amide bonds. The monoisotopic (exact) mass is 250 g/mol. The Morgan fingerprint density at radius 2 is 2.11 bits per heavy atom. The molecule has 1 heterocycles. The van der Waals surface area contributed by atoms with Gasteiger partial charge in [-0.3, -0.25) is 4.68 Å². The van der Waals surface area contributed by atoms with Gasteiger partial charge in [-0.25, -0.2) is 9.18 Å². The topological polar surface area (TPSA) is 64.3 Å². The number of carboxylic acid groups (broad SMARTS) is 1. The minimum Gasteiger partial charge on any atom is -0.497 e. The highest BCUT2D eigenvalue weighted by Crippen LogP contribution is 2.25. The van der Waals surface area contributed by atoms with E-state index >= 15 is 0 Å². The molecule has 2 rings (SSSR count). The molecule has 0 radical (unpaired) electrons. The summed E-state index contributed by atoms with van der Waals surface area (Å²) in [6.07, 6.45) is 0. The molecular weight excluding hydrogens is 239 g/mol. The van der Waals surface area contributed by atoms with E-state index in [0.29, 0.717) is 17.0 Å². The Morgan fingerprint density at radius 3 is 2.67 bits per heavy atom. The van der Waals surface area contributed by atoms with Crippen molar-refractivity contribution in [2.24, 2.45) is 7.05 Å². The quantitative estimate of drug-likeness (QED) is 0.904. The van der Waals surface area contributed by atoms with Gasteiger partial charge in [0.2, 0.25) is 0 Å². The average molecular weight is 250 g/mol. The second-order valence-corrected chi connectivity index (χ2v) is 3.72. The van der Waals surface area contributed by atoms with Crippen LogP contribution in [0.25, 0.3) is 11.3 Å². The SMILES string of the molecule is COc1cc(F)cc(-c2cc(C(=O)O)nn2C)c1. The lowest BCUT2D eigenvalue weighted by Crippen LogP contribution is -1.99. The van der Waals surface area contributed by atoms with E-state index in [-0.39, 0.29) is 5.69 Å². The first-order valence-corrected chi connectivity index (χ1v) is 5.13. The number of ether oxygens (including phenoxy) is 1. The van der Waals surface area contributed by atoms with Gasteiger partial charge in [0.15, 0.2) is 5.69 Å². The third-order valence-electron chi connectivity index (χ3n) is 2.50. The zero-order chi connectivity index (χ0) is 13.3. The molecule has 6 heteroatoms. The van der Waals surface area contributed by atoms with Crippen molar-refractivity contribution in [3.8, 4) is 17.0 Å². The standard InChI is InChI=1S/C12H11FN2O3/c1-15-11(6-10(14-15)12(16)17)7-3-8(13)5-9(4-7)18-2/h3-6H,1-2H3,(H,16,17). The molecular formula is C12H11FN2O3.